The monoisotopic (exact) mass is 376 g/mol. The standard InChI is InChI=1S/C25H32N2O/c1-20(11-12-22-18-26-24-10-6-5-9-23(22)24)27-15-13-25(19-28,14-16-27)17-21-7-3-2-4-8-21/h2-10,18,20,26,28H,11-17,19H2,1H3/t20-/m0/s1. The third kappa shape index (κ3) is 4.16. The lowest BCUT2D eigenvalue weighted by Crippen LogP contribution is -2.46. The van der Waals surface area contributed by atoms with Crippen LogP contribution in [0, 0.1) is 5.41 Å². The van der Waals surface area contributed by atoms with Crippen molar-refractivity contribution in [3.8, 4) is 0 Å². The molecule has 0 radical (unpaired) electrons. The van der Waals surface area contributed by atoms with Gasteiger partial charge in [-0.05, 0) is 74.7 Å². The smallest absolute Gasteiger partial charge is 0.0491 e. The van der Waals surface area contributed by atoms with Crippen LogP contribution in [-0.2, 0) is 12.8 Å². The predicted molar refractivity (Wildman–Crippen MR) is 117 cm³/mol. The molecule has 4 rings (SSSR count). The number of aromatic nitrogens is 1. The summed E-state index contributed by atoms with van der Waals surface area (Å²) in [6, 6.07) is 19.8. The van der Waals surface area contributed by atoms with Crippen molar-refractivity contribution in [2.75, 3.05) is 19.7 Å². The van der Waals surface area contributed by atoms with Gasteiger partial charge in [-0.1, -0.05) is 48.5 Å². The van der Waals surface area contributed by atoms with Gasteiger partial charge in [-0.2, -0.15) is 0 Å². The van der Waals surface area contributed by atoms with E-state index in [0.717, 1.165) is 38.8 Å². The first-order chi connectivity index (χ1) is 13.7. The SMILES string of the molecule is C[C@@H](CCc1c[nH]c2ccccc12)N1CCC(CO)(Cc2ccccc2)CC1. The highest BCUT2D eigenvalue weighted by Gasteiger charge is 2.35. The second-order valence-corrected chi connectivity index (χ2v) is 8.60. The molecule has 1 fully saturated rings. The summed E-state index contributed by atoms with van der Waals surface area (Å²) in [5, 5.41) is 11.5. The van der Waals surface area contributed by atoms with Gasteiger partial charge < -0.3 is 15.0 Å². The number of piperidine rings is 1. The highest BCUT2D eigenvalue weighted by Crippen LogP contribution is 2.35. The van der Waals surface area contributed by atoms with Crippen LogP contribution in [0.2, 0.25) is 0 Å². The number of rotatable bonds is 7. The van der Waals surface area contributed by atoms with E-state index >= 15 is 0 Å². The van der Waals surface area contributed by atoms with E-state index in [0.29, 0.717) is 12.6 Å². The molecular formula is C25H32N2O. The topological polar surface area (TPSA) is 39.3 Å². The number of likely N-dealkylation sites (tertiary alicyclic amines) is 1. The summed E-state index contributed by atoms with van der Waals surface area (Å²) >= 11 is 0. The summed E-state index contributed by atoms with van der Waals surface area (Å²) in [6.07, 6.45) is 7.60. The van der Waals surface area contributed by atoms with Crippen LogP contribution in [0.25, 0.3) is 10.9 Å². The van der Waals surface area contributed by atoms with E-state index in [2.05, 4.69) is 77.6 Å². The fourth-order valence-electron chi connectivity index (χ4n) is 4.74. The van der Waals surface area contributed by atoms with Gasteiger partial charge in [0.1, 0.15) is 0 Å². The van der Waals surface area contributed by atoms with Crippen molar-refractivity contribution in [1.29, 1.82) is 0 Å². The molecule has 2 heterocycles. The molecule has 0 unspecified atom stereocenters. The largest absolute Gasteiger partial charge is 0.396 e. The maximum absolute atomic E-state index is 10.1. The molecule has 2 N–H and O–H groups in total. The molecule has 0 aliphatic carbocycles. The Morgan fingerprint density at radius 2 is 1.75 bits per heavy atom. The number of aliphatic hydroxyl groups is 1. The van der Waals surface area contributed by atoms with Crippen LogP contribution in [0.5, 0.6) is 0 Å². The van der Waals surface area contributed by atoms with E-state index in [1.165, 1.54) is 28.5 Å². The molecular weight excluding hydrogens is 344 g/mol. The third-order valence-corrected chi connectivity index (χ3v) is 6.75. The zero-order valence-corrected chi connectivity index (χ0v) is 16.9. The first kappa shape index (κ1) is 19.2. The van der Waals surface area contributed by atoms with Crippen LogP contribution in [0.1, 0.15) is 37.3 Å². The van der Waals surface area contributed by atoms with Crippen LogP contribution in [0.15, 0.2) is 60.8 Å². The normalized spacial score (nSPS) is 18.4. The van der Waals surface area contributed by atoms with Crippen molar-refractivity contribution < 1.29 is 5.11 Å². The minimum atomic E-state index is 0.0500. The molecule has 0 amide bonds. The van der Waals surface area contributed by atoms with E-state index in [4.69, 9.17) is 0 Å². The Morgan fingerprint density at radius 3 is 2.50 bits per heavy atom. The maximum atomic E-state index is 10.1. The van der Waals surface area contributed by atoms with Crippen LogP contribution in [0.3, 0.4) is 0 Å². The average molecular weight is 377 g/mol. The molecule has 1 aliphatic rings. The highest BCUT2D eigenvalue weighted by atomic mass is 16.3. The fourth-order valence-corrected chi connectivity index (χ4v) is 4.74. The van der Waals surface area contributed by atoms with E-state index in [1.807, 2.05) is 0 Å². The molecule has 1 aliphatic heterocycles. The minimum Gasteiger partial charge on any atom is -0.396 e. The Balaban J connectivity index is 1.32. The Labute approximate surface area is 168 Å². The van der Waals surface area contributed by atoms with Gasteiger partial charge in [0.15, 0.2) is 0 Å². The Kier molecular flexibility index (Phi) is 5.84. The van der Waals surface area contributed by atoms with E-state index < -0.39 is 0 Å². The number of fused-ring (bicyclic) bond motifs is 1. The molecule has 3 nitrogen and oxygen atoms in total. The van der Waals surface area contributed by atoms with Crippen molar-refractivity contribution in [3.05, 3.63) is 71.9 Å². The quantitative estimate of drug-likeness (QED) is 0.621. The number of aryl methyl sites for hydroxylation is 1. The zero-order valence-electron chi connectivity index (χ0n) is 16.9. The zero-order chi connectivity index (χ0) is 19.4. The van der Waals surface area contributed by atoms with Gasteiger partial charge >= 0.3 is 0 Å². The number of para-hydroxylation sites is 1. The van der Waals surface area contributed by atoms with Gasteiger partial charge in [0.2, 0.25) is 0 Å². The maximum Gasteiger partial charge on any atom is 0.0491 e. The summed E-state index contributed by atoms with van der Waals surface area (Å²) in [4.78, 5) is 6.01. The lowest BCUT2D eigenvalue weighted by atomic mass is 9.74. The predicted octanol–water partition coefficient (Wildman–Crippen LogP) is 4.81. The second-order valence-electron chi connectivity index (χ2n) is 8.60. The first-order valence-corrected chi connectivity index (χ1v) is 10.6. The summed E-state index contributed by atoms with van der Waals surface area (Å²) in [5.41, 5.74) is 4.05. The number of hydrogen-bond acceptors (Lipinski definition) is 2. The van der Waals surface area contributed by atoms with Gasteiger partial charge in [-0.15, -0.1) is 0 Å². The average Bonchev–Trinajstić information content (AvgIpc) is 3.16. The molecule has 28 heavy (non-hydrogen) atoms. The van der Waals surface area contributed by atoms with E-state index in [1.54, 1.807) is 0 Å². The molecule has 1 atom stereocenters. The number of H-pyrrole nitrogens is 1. The number of benzene rings is 2. The number of hydrogen-bond donors (Lipinski definition) is 2. The summed E-state index contributed by atoms with van der Waals surface area (Å²) in [6.45, 7) is 4.82. The van der Waals surface area contributed by atoms with Crippen molar-refractivity contribution in [1.82, 2.24) is 9.88 Å². The van der Waals surface area contributed by atoms with E-state index in [9.17, 15) is 5.11 Å². The third-order valence-electron chi connectivity index (χ3n) is 6.75. The fraction of sp³-hybridized carbons (Fsp3) is 0.440. The van der Waals surface area contributed by atoms with Crippen molar-refractivity contribution in [3.63, 3.8) is 0 Å². The second kappa shape index (κ2) is 8.50. The molecule has 148 valence electrons. The Morgan fingerprint density at radius 1 is 1.04 bits per heavy atom. The molecule has 1 saturated heterocycles. The Hall–Kier alpha value is -2.10. The molecule has 3 heteroatoms. The van der Waals surface area contributed by atoms with Gasteiger partial charge in [-0.3, -0.25) is 0 Å². The van der Waals surface area contributed by atoms with Crippen LogP contribution in [-0.4, -0.2) is 40.7 Å². The van der Waals surface area contributed by atoms with Crippen LogP contribution >= 0.6 is 0 Å². The molecule has 0 bridgehead atoms. The molecule has 2 aromatic carbocycles. The van der Waals surface area contributed by atoms with Crippen molar-refractivity contribution in [2.24, 2.45) is 5.41 Å². The summed E-state index contributed by atoms with van der Waals surface area (Å²) in [7, 11) is 0. The minimum absolute atomic E-state index is 0.0500. The van der Waals surface area contributed by atoms with Gasteiger partial charge in [0.25, 0.3) is 0 Å². The highest BCUT2D eigenvalue weighted by molar-refractivity contribution is 5.82. The lowest BCUT2D eigenvalue weighted by molar-refractivity contribution is 0.0289. The number of nitrogens with one attached hydrogen (secondary N) is 1. The lowest BCUT2D eigenvalue weighted by Gasteiger charge is -2.43. The van der Waals surface area contributed by atoms with Gasteiger partial charge in [0, 0.05) is 29.7 Å². The number of aliphatic hydroxyl groups excluding tert-OH is 1. The molecule has 0 spiro atoms. The van der Waals surface area contributed by atoms with Gasteiger partial charge in [-0.25, -0.2) is 0 Å². The van der Waals surface area contributed by atoms with Crippen molar-refractivity contribution in [2.45, 2.75) is 45.1 Å². The molecule has 1 aromatic heterocycles. The van der Waals surface area contributed by atoms with Crippen LogP contribution < -0.4 is 0 Å². The number of nitrogens with zero attached hydrogens (tertiary/aromatic N) is 1. The number of aromatic amines is 1. The van der Waals surface area contributed by atoms with Crippen LogP contribution in [0.4, 0.5) is 0 Å². The van der Waals surface area contributed by atoms with Gasteiger partial charge in [0.05, 0.1) is 0 Å². The summed E-state index contributed by atoms with van der Waals surface area (Å²) in [5.74, 6) is 0. The Bertz CT molecular complexity index is 878. The summed E-state index contributed by atoms with van der Waals surface area (Å²) < 4.78 is 0. The van der Waals surface area contributed by atoms with Crippen molar-refractivity contribution >= 4 is 10.9 Å². The molecule has 3 aromatic rings. The first-order valence-electron chi connectivity index (χ1n) is 10.6. The molecule has 0 saturated carbocycles. The van der Waals surface area contributed by atoms with E-state index in [-0.39, 0.29) is 5.41 Å².